The molecule has 0 aromatic heterocycles. The van der Waals surface area contributed by atoms with Gasteiger partial charge in [-0.2, -0.15) is 0 Å². The van der Waals surface area contributed by atoms with E-state index >= 15 is 0 Å². The Labute approximate surface area is 159 Å². The molecule has 2 aromatic carbocycles. The molecule has 5 heteroatoms. The lowest BCUT2D eigenvalue weighted by molar-refractivity contribution is -0.139. The maximum atomic E-state index is 13.0. The van der Waals surface area contributed by atoms with Crippen molar-refractivity contribution in [2.45, 2.75) is 45.4 Å². The Balaban J connectivity index is 1.69. The van der Waals surface area contributed by atoms with Crippen molar-refractivity contribution in [1.82, 2.24) is 4.90 Å². The highest BCUT2D eigenvalue weighted by molar-refractivity contribution is 6.30. The molecule has 0 radical (unpaired) electrons. The Morgan fingerprint density at radius 2 is 1.92 bits per heavy atom. The highest BCUT2D eigenvalue weighted by atomic mass is 35.5. The van der Waals surface area contributed by atoms with Crippen LogP contribution in [0.5, 0.6) is 11.5 Å². The highest BCUT2D eigenvalue weighted by Crippen LogP contribution is 2.30. The maximum Gasteiger partial charge on any atom is 0.263 e. The predicted molar refractivity (Wildman–Crippen MR) is 103 cm³/mol. The molecule has 3 rings (SSSR count). The first kappa shape index (κ1) is 18.6. The van der Waals surface area contributed by atoms with Gasteiger partial charge in [-0.15, -0.1) is 0 Å². The van der Waals surface area contributed by atoms with E-state index in [1.165, 1.54) is 0 Å². The smallest absolute Gasteiger partial charge is 0.263 e. The topological polar surface area (TPSA) is 38.8 Å². The van der Waals surface area contributed by atoms with E-state index < -0.39 is 6.10 Å². The molecule has 26 heavy (non-hydrogen) atoms. The zero-order valence-corrected chi connectivity index (χ0v) is 16.1. The summed E-state index contributed by atoms with van der Waals surface area (Å²) in [6, 6.07) is 13.6. The van der Waals surface area contributed by atoms with Gasteiger partial charge in [0.05, 0.1) is 7.11 Å². The number of ether oxygens (including phenoxy) is 2. The Morgan fingerprint density at radius 1 is 1.23 bits per heavy atom. The van der Waals surface area contributed by atoms with Gasteiger partial charge in [0.15, 0.2) is 6.10 Å². The number of benzene rings is 2. The number of halogens is 1. The fourth-order valence-electron chi connectivity index (χ4n) is 2.92. The van der Waals surface area contributed by atoms with E-state index in [0.29, 0.717) is 23.4 Å². The number of hydrogen-bond acceptors (Lipinski definition) is 3. The van der Waals surface area contributed by atoms with Crippen LogP contribution >= 0.6 is 11.6 Å². The van der Waals surface area contributed by atoms with Gasteiger partial charge in [0.25, 0.3) is 5.91 Å². The molecule has 0 bridgehead atoms. The van der Waals surface area contributed by atoms with Crippen molar-refractivity contribution in [2.24, 2.45) is 0 Å². The van der Waals surface area contributed by atoms with E-state index in [9.17, 15) is 4.79 Å². The molecule has 0 spiro atoms. The Morgan fingerprint density at radius 3 is 2.50 bits per heavy atom. The molecule has 0 aliphatic heterocycles. The number of hydrogen-bond donors (Lipinski definition) is 0. The van der Waals surface area contributed by atoms with Crippen LogP contribution in [0.4, 0.5) is 0 Å². The first-order valence-corrected chi connectivity index (χ1v) is 9.22. The summed E-state index contributed by atoms with van der Waals surface area (Å²) in [7, 11) is 1.65. The molecule has 1 aliphatic rings. The minimum Gasteiger partial charge on any atom is -0.497 e. The molecule has 0 heterocycles. The van der Waals surface area contributed by atoms with Gasteiger partial charge in [-0.1, -0.05) is 23.7 Å². The van der Waals surface area contributed by atoms with Crippen LogP contribution in [0.2, 0.25) is 5.02 Å². The van der Waals surface area contributed by atoms with Crippen LogP contribution in [0.15, 0.2) is 42.5 Å². The van der Waals surface area contributed by atoms with E-state index in [0.717, 1.165) is 29.7 Å². The fraction of sp³-hybridized carbons (Fsp3) is 0.381. The van der Waals surface area contributed by atoms with Crippen molar-refractivity contribution in [3.05, 3.63) is 58.6 Å². The molecular formula is C21H24ClNO3. The lowest BCUT2D eigenvalue weighted by Gasteiger charge is -2.26. The van der Waals surface area contributed by atoms with Gasteiger partial charge in [-0.3, -0.25) is 4.79 Å². The number of amides is 1. The van der Waals surface area contributed by atoms with Gasteiger partial charge in [0.1, 0.15) is 11.5 Å². The number of rotatable bonds is 7. The second-order valence-electron chi connectivity index (χ2n) is 6.72. The summed E-state index contributed by atoms with van der Waals surface area (Å²) in [6.45, 7) is 4.31. The van der Waals surface area contributed by atoms with Crippen LogP contribution in [0.25, 0.3) is 0 Å². The van der Waals surface area contributed by atoms with E-state index in [-0.39, 0.29) is 5.91 Å². The standard InChI is InChI=1S/C21H24ClNO3/c1-14-12-17(22)6-11-20(14)26-15(2)21(24)23(18-7-8-18)13-16-4-9-19(25-3)10-5-16/h4-6,9-12,15,18H,7-8,13H2,1-3H3/t15-/m1/s1. The van der Waals surface area contributed by atoms with Crippen molar-refractivity contribution in [3.8, 4) is 11.5 Å². The third-order valence-electron chi connectivity index (χ3n) is 4.57. The first-order chi connectivity index (χ1) is 12.5. The SMILES string of the molecule is COc1ccc(CN(C(=O)[C@@H](C)Oc2ccc(Cl)cc2C)C2CC2)cc1. The predicted octanol–water partition coefficient (Wildman–Crippen LogP) is 4.62. The van der Waals surface area contributed by atoms with Crippen molar-refractivity contribution < 1.29 is 14.3 Å². The number of carbonyl (C=O) groups is 1. The van der Waals surface area contributed by atoms with Crippen LogP contribution in [0.3, 0.4) is 0 Å². The summed E-state index contributed by atoms with van der Waals surface area (Å²) in [4.78, 5) is 14.9. The number of nitrogens with zero attached hydrogens (tertiary/aromatic N) is 1. The second kappa shape index (κ2) is 8.00. The Hall–Kier alpha value is -2.20. The van der Waals surface area contributed by atoms with Crippen LogP contribution in [0, 0.1) is 6.92 Å². The summed E-state index contributed by atoms with van der Waals surface area (Å²) in [5.41, 5.74) is 2.01. The molecule has 0 unspecified atom stereocenters. The Bertz CT molecular complexity index is 771. The minimum absolute atomic E-state index is 0.0117. The molecule has 138 valence electrons. The lowest BCUT2D eigenvalue weighted by atomic mass is 10.2. The van der Waals surface area contributed by atoms with E-state index in [1.54, 1.807) is 20.1 Å². The van der Waals surface area contributed by atoms with E-state index in [2.05, 4.69) is 0 Å². The molecule has 0 saturated heterocycles. The van der Waals surface area contributed by atoms with Gasteiger partial charge in [0.2, 0.25) is 0 Å². The molecule has 0 N–H and O–H groups in total. The molecule has 1 fully saturated rings. The van der Waals surface area contributed by atoms with Crippen molar-refractivity contribution in [2.75, 3.05) is 7.11 Å². The summed E-state index contributed by atoms with van der Waals surface area (Å²) >= 11 is 5.99. The fourth-order valence-corrected chi connectivity index (χ4v) is 3.15. The molecule has 1 saturated carbocycles. The van der Waals surface area contributed by atoms with Crippen LogP contribution in [-0.4, -0.2) is 30.1 Å². The largest absolute Gasteiger partial charge is 0.497 e. The number of aryl methyl sites for hydroxylation is 1. The quantitative estimate of drug-likeness (QED) is 0.711. The molecule has 1 aliphatic carbocycles. The lowest BCUT2D eigenvalue weighted by Crippen LogP contribution is -2.41. The average Bonchev–Trinajstić information content (AvgIpc) is 3.47. The summed E-state index contributed by atoms with van der Waals surface area (Å²) in [5.74, 6) is 1.51. The third kappa shape index (κ3) is 4.50. The van der Waals surface area contributed by atoms with Crippen molar-refractivity contribution >= 4 is 17.5 Å². The van der Waals surface area contributed by atoms with Gasteiger partial charge in [-0.05, 0) is 68.1 Å². The summed E-state index contributed by atoms with van der Waals surface area (Å²) < 4.78 is 11.1. The minimum atomic E-state index is -0.547. The molecular weight excluding hydrogens is 350 g/mol. The van der Waals surface area contributed by atoms with Crippen molar-refractivity contribution in [1.29, 1.82) is 0 Å². The zero-order chi connectivity index (χ0) is 18.7. The molecule has 4 nitrogen and oxygen atoms in total. The number of methoxy groups -OCH3 is 1. The zero-order valence-electron chi connectivity index (χ0n) is 15.4. The van der Waals surface area contributed by atoms with E-state index in [1.807, 2.05) is 48.2 Å². The van der Waals surface area contributed by atoms with Crippen LogP contribution < -0.4 is 9.47 Å². The molecule has 1 amide bonds. The monoisotopic (exact) mass is 373 g/mol. The average molecular weight is 374 g/mol. The highest BCUT2D eigenvalue weighted by Gasteiger charge is 2.35. The van der Waals surface area contributed by atoms with Crippen LogP contribution in [-0.2, 0) is 11.3 Å². The van der Waals surface area contributed by atoms with Gasteiger partial charge >= 0.3 is 0 Å². The van der Waals surface area contributed by atoms with E-state index in [4.69, 9.17) is 21.1 Å². The number of carbonyl (C=O) groups excluding carboxylic acids is 1. The summed E-state index contributed by atoms with van der Waals surface area (Å²) in [5, 5.41) is 0.660. The van der Waals surface area contributed by atoms with Gasteiger partial charge < -0.3 is 14.4 Å². The normalized spacial score (nSPS) is 14.6. The third-order valence-corrected chi connectivity index (χ3v) is 4.81. The molecule has 1 atom stereocenters. The van der Waals surface area contributed by atoms with Crippen molar-refractivity contribution in [3.63, 3.8) is 0 Å². The second-order valence-corrected chi connectivity index (χ2v) is 7.15. The van der Waals surface area contributed by atoms with Crippen LogP contribution in [0.1, 0.15) is 30.9 Å². The van der Waals surface area contributed by atoms with Gasteiger partial charge in [-0.25, -0.2) is 0 Å². The maximum absolute atomic E-state index is 13.0. The first-order valence-electron chi connectivity index (χ1n) is 8.84. The summed E-state index contributed by atoms with van der Waals surface area (Å²) in [6.07, 6.45) is 1.55. The Kier molecular flexibility index (Phi) is 5.72. The van der Waals surface area contributed by atoms with Gasteiger partial charge in [0, 0.05) is 17.6 Å². The molecule has 2 aromatic rings.